The highest BCUT2D eigenvalue weighted by molar-refractivity contribution is 7.98. The van der Waals surface area contributed by atoms with Crippen LogP contribution in [0.2, 0.25) is 0 Å². The fourth-order valence-corrected chi connectivity index (χ4v) is 1.74. The highest BCUT2D eigenvalue weighted by atomic mass is 32.2. The van der Waals surface area contributed by atoms with Crippen LogP contribution in [0.15, 0.2) is 35.2 Å². The summed E-state index contributed by atoms with van der Waals surface area (Å²) in [6.45, 7) is 2.20. The molecule has 2 nitrogen and oxygen atoms in total. The molecule has 0 saturated heterocycles. The molecule has 0 aliphatic heterocycles. The van der Waals surface area contributed by atoms with Gasteiger partial charge in [0.25, 0.3) is 0 Å². The molecule has 0 amide bonds. The molecular formula is C12H14O2S. The molecule has 3 heteroatoms. The van der Waals surface area contributed by atoms with Gasteiger partial charge in [-0.3, -0.25) is 0 Å². The molecule has 1 aromatic rings. The first-order valence-corrected chi connectivity index (χ1v) is 5.98. The summed E-state index contributed by atoms with van der Waals surface area (Å²) in [7, 11) is 0. The van der Waals surface area contributed by atoms with E-state index in [0.29, 0.717) is 6.61 Å². The van der Waals surface area contributed by atoms with E-state index in [1.807, 2.05) is 30.5 Å². The molecule has 0 aromatic heterocycles. The Hall–Kier alpha value is -1.22. The summed E-state index contributed by atoms with van der Waals surface area (Å²) in [5, 5.41) is 0. The van der Waals surface area contributed by atoms with E-state index in [1.54, 1.807) is 24.8 Å². The van der Waals surface area contributed by atoms with Gasteiger partial charge in [0.15, 0.2) is 0 Å². The van der Waals surface area contributed by atoms with Crippen LogP contribution in [0.3, 0.4) is 0 Å². The molecule has 0 atom stereocenters. The molecule has 80 valence electrons. The zero-order chi connectivity index (χ0) is 11.1. The number of ether oxygens (including phenoxy) is 1. The Kier molecular flexibility index (Phi) is 4.98. The number of hydrogen-bond acceptors (Lipinski definition) is 3. The summed E-state index contributed by atoms with van der Waals surface area (Å²) < 4.78 is 4.80. The molecular weight excluding hydrogens is 208 g/mol. The second-order valence-electron chi connectivity index (χ2n) is 2.83. The highest BCUT2D eigenvalue weighted by Gasteiger charge is 1.98. The van der Waals surface area contributed by atoms with Crippen LogP contribution in [-0.4, -0.2) is 18.8 Å². The minimum Gasteiger partial charge on any atom is -0.463 e. The van der Waals surface area contributed by atoms with E-state index in [0.717, 1.165) is 10.5 Å². The molecule has 0 bridgehead atoms. The van der Waals surface area contributed by atoms with Crippen LogP contribution >= 0.6 is 11.8 Å². The zero-order valence-corrected chi connectivity index (χ0v) is 9.71. The van der Waals surface area contributed by atoms with E-state index < -0.39 is 0 Å². The molecule has 0 heterocycles. The summed E-state index contributed by atoms with van der Waals surface area (Å²) in [5.74, 6) is -0.298. The van der Waals surface area contributed by atoms with Crippen molar-refractivity contribution in [1.29, 1.82) is 0 Å². The Labute approximate surface area is 94.3 Å². The van der Waals surface area contributed by atoms with E-state index >= 15 is 0 Å². The molecule has 0 aliphatic rings. The monoisotopic (exact) mass is 222 g/mol. The maximum atomic E-state index is 11.1. The Morgan fingerprint density at radius 2 is 2.20 bits per heavy atom. The van der Waals surface area contributed by atoms with Gasteiger partial charge in [0.05, 0.1) is 6.61 Å². The van der Waals surface area contributed by atoms with Gasteiger partial charge in [-0.1, -0.05) is 18.2 Å². The van der Waals surface area contributed by atoms with Gasteiger partial charge in [-0.05, 0) is 30.9 Å². The molecule has 0 unspecified atom stereocenters. The lowest BCUT2D eigenvalue weighted by Gasteiger charge is -2.01. The predicted octanol–water partition coefficient (Wildman–Crippen LogP) is 2.98. The summed E-state index contributed by atoms with van der Waals surface area (Å²) in [4.78, 5) is 12.3. The summed E-state index contributed by atoms with van der Waals surface area (Å²) in [5.41, 5.74) is 1.04. The van der Waals surface area contributed by atoms with Crippen molar-refractivity contribution in [2.75, 3.05) is 12.9 Å². The molecule has 0 fully saturated rings. The van der Waals surface area contributed by atoms with E-state index in [4.69, 9.17) is 4.74 Å². The van der Waals surface area contributed by atoms with E-state index in [-0.39, 0.29) is 5.97 Å². The number of benzene rings is 1. The lowest BCUT2D eigenvalue weighted by Crippen LogP contribution is -1.98. The maximum absolute atomic E-state index is 11.1. The van der Waals surface area contributed by atoms with Gasteiger partial charge in [-0.25, -0.2) is 4.79 Å². The quantitative estimate of drug-likeness (QED) is 0.445. The molecule has 0 radical (unpaired) electrons. The average molecular weight is 222 g/mol. The van der Waals surface area contributed by atoms with Crippen molar-refractivity contribution in [3.05, 3.63) is 35.9 Å². The number of thioether (sulfide) groups is 1. The molecule has 1 aromatic carbocycles. The zero-order valence-electron chi connectivity index (χ0n) is 8.90. The van der Waals surface area contributed by atoms with Gasteiger partial charge in [0, 0.05) is 11.0 Å². The number of rotatable bonds is 4. The SMILES string of the molecule is CCOC(=O)/C=C/c1ccccc1SC. The predicted molar refractivity (Wildman–Crippen MR) is 63.9 cm³/mol. The van der Waals surface area contributed by atoms with Crippen LogP contribution in [0.5, 0.6) is 0 Å². The second-order valence-corrected chi connectivity index (χ2v) is 3.68. The molecule has 0 N–H and O–H groups in total. The smallest absolute Gasteiger partial charge is 0.330 e. The summed E-state index contributed by atoms with van der Waals surface area (Å²) in [6, 6.07) is 7.93. The fourth-order valence-electron chi connectivity index (χ4n) is 1.15. The first-order valence-electron chi connectivity index (χ1n) is 4.75. The Morgan fingerprint density at radius 1 is 1.47 bits per heavy atom. The van der Waals surface area contributed by atoms with Crippen molar-refractivity contribution in [3.8, 4) is 0 Å². The Bertz CT molecular complexity index is 358. The normalized spacial score (nSPS) is 10.5. The Balaban J connectivity index is 2.75. The largest absolute Gasteiger partial charge is 0.463 e. The third-order valence-corrected chi connectivity index (χ3v) is 2.64. The van der Waals surface area contributed by atoms with Gasteiger partial charge in [-0.15, -0.1) is 11.8 Å². The molecule has 1 rings (SSSR count). The first kappa shape index (κ1) is 11.9. The van der Waals surface area contributed by atoms with E-state index in [9.17, 15) is 4.79 Å². The molecule has 0 saturated carbocycles. The van der Waals surface area contributed by atoms with Crippen molar-refractivity contribution in [1.82, 2.24) is 0 Å². The number of carbonyl (C=O) groups excluding carboxylic acids is 1. The molecule has 0 aliphatic carbocycles. The van der Waals surface area contributed by atoms with Gasteiger partial charge in [0.2, 0.25) is 0 Å². The third-order valence-electron chi connectivity index (χ3n) is 1.82. The van der Waals surface area contributed by atoms with Crippen molar-refractivity contribution in [3.63, 3.8) is 0 Å². The van der Waals surface area contributed by atoms with E-state index in [1.165, 1.54) is 6.08 Å². The van der Waals surface area contributed by atoms with Gasteiger partial charge >= 0.3 is 5.97 Å². The van der Waals surface area contributed by atoms with Crippen LogP contribution < -0.4 is 0 Å². The van der Waals surface area contributed by atoms with Gasteiger partial charge in [-0.2, -0.15) is 0 Å². The standard InChI is InChI=1S/C12H14O2S/c1-3-14-12(13)9-8-10-6-4-5-7-11(10)15-2/h4-9H,3H2,1-2H3/b9-8+. The van der Waals surface area contributed by atoms with Gasteiger partial charge in [0.1, 0.15) is 0 Å². The number of carbonyl (C=O) groups is 1. The maximum Gasteiger partial charge on any atom is 0.330 e. The molecule has 15 heavy (non-hydrogen) atoms. The number of esters is 1. The minimum absolute atomic E-state index is 0.298. The second kappa shape index (κ2) is 6.30. The topological polar surface area (TPSA) is 26.3 Å². The van der Waals surface area contributed by atoms with Crippen molar-refractivity contribution in [2.45, 2.75) is 11.8 Å². The van der Waals surface area contributed by atoms with Crippen molar-refractivity contribution < 1.29 is 9.53 Å². The van der Waals surface area contributed by atoms with Crippen molar-refractivity contribution >= 4 is 23.8 Å². The fraction of sp³-hybridized carbons (Fsp3) is 0.250. The molecule has 0 spiro atoms. The van der Waals surface area contributed by atoms with Crippen LogP contribution in [0.25, 0.3) is 6.08 Å². The first-order chi connectivity index (χ1) is 7.27. The summed E-state index contributed by atoms with van der Waals surface area (Å²) >= 11 is 1.66. The van der Waals surface area contributed by atoms with Crippen molar-refractivity contribution in [2.24, 2.45) is 0 Å². The van der Waals surface area contributed by atoms with Crippen LogP contribution in [0.4, 0.5) is 0 Å². The van der Waals surface area contributed by atoms with Gasteiger partial charge < -0.3 is 4.74 Å². The summed E-state index contributed by atoms with van der Waals surface area (Å²) in [6.07, 6.45) is 5.25. The lowest BCUT2D eigenvalue weighted by atomic mass is 10.2. The van der Waals surface area contributed by atoms with Crippen LogP contribution in [-0.2, 0) is 9.53 Å². The van der Waals surface area contributed by atoms with Crippen LogP contribution in [0, 0.1) is 0 Å². The third kappa shape index (κ3) is 3.80. The van der Waals surface area contributed by atoms with E-state index in [2.05, 4.69) is 0 Å². The highest BCUT2D eigenvalue weighted by Crippen LogP contribution is 2.20. The number of hydrogen-bond donors (Lipinski definition) is 0. The lowest BCUT2D eigenvalue weighted by molar-refractivity contribution is -0.137. The minimum atomic E-state index is -0.298. The Morgan fingerprint density at radius 3 is 2.87 bits per heavy atom. The average Bonchev–Trinajstić information content (AvgIpc) is 2.27. The van der Waals surface area contributed by atoms with Crippen LogP contribution in [0.1, 0.15) is 12.5 Å².